The molecule has 0 unspecified atom stereocenters. The molecule has 2 heterocycles. The third-order valence-corrected chi connectivity index (χ3v) is 6.21. The number of nitro groups is 1. The van der Waals surface area contributed by atoms with Gasteiger partial charge in [0.1, 0.15) is 17.0 Å². The summed E-state index contributed by atoms with van der Waals surface area (Å²) in [6, 6.07) is 11.5. The molecule has 1 aliphatic heterocycles. The highest BCUT2D eigenvalue weighted by molar-refractivity contribution is 6.33. The van der Waals surface area contributed by atoms with Crippen molar-refractivity contribution in [1.29, 1.82) is 0 Å². The number of nitrogens with zero attached hydrogens (tertiary/aromatic N) is 4. The molecule has 1 aromatic heterocycles. The fourth-order valence-electron chi connectivity index (χ4n) is 3.95. The fraction of sp³-hybridized carbons (Fsp3) is 0.273. The Kier molecular flexibility index (Phi) is 6.08. The topological polar surface area (TPSA) is 92.7 Å². The first-order chi connectivity index (χ1) is 15.3. The Morgan fingerprint density at radius 1 is 1.19 bits per heavy atom. The summed E-state index contributed by atoms with van der Waals surface area (Å²) >= 11 is 12.6. The van der Waals surface area contributed by atoms with Crippen LogP contribution >= 0.6 is 23.2 Å². The second-order valence-corrected chi connectivity index (χ2v) is 8.44. The molecule has 166 valence electrons. The second kappa shape index (κ2) is 8.80. The van der Waals surface area contributed by atoms with E-state index in [1.54, 1.807) is 30.0 Å². The van der Waals surface area contributed by atoms with Gasteiger partial charge in [0.2, 0.25) is 0 Å². The number of aromatic nitrogens is 1. The number of non-ortho nitro benzene ring substituents is 1. The Bertz CT molecular complexity index is 1200. The Balaban J connectivity index is 1.57. The minimum absolute atomic E-state index is 0.0596. The van der Waals surface area contributed by atoms with Crippen molar-refractivity contribution in [2.24, 2.45) is 0 Å². The van der Waals surface area contributed by atoms with E-state index >= 15 is 0 Å². The van der Waals surface area contributed by atoms with Gasteiger partial charge in [-0.05, 0) is 26.0 Å². The van der Waals surface area contributed by atoms with E-state index < -0.39 is 4.92 Å². The number of carbonyl (C=O) groups is 1. The summed E-state index contributed by atoms with van der Waals surface area (Å²) in [5.74, 6) is 0.249. The molecule has 10 heteroatoms. The lowest BCUT2D eigenvalue weighted by Gasteiger charge is -2.41. The van der Waals surface area contributed by atoms with Crippen LogP contribution in [0.5, 0.6) is 0 Å². The highest BCUT2D eigenvalue weighted by Crippen LogP contribution is 2.34. The van der Waals surface area contributed by atoms with Crippen LogP contribution in [-0.2, 0) is 0 Å². The summed E-state index contributed by atoms with van der Waals surface area (Å²) < 4.78 is 5.35. The van der Waals surface area contributed by atoms with Crippen LogP contribution in [0.15, 0.2) is 47.0 Å². The van der Waals surface area contributed by atoms with Crippen molar-refractivity contribution >= 4 is 40.5 Å². The standard InChI is InChI=1S/C22H20Cl2N4O4/c1-13-12-26(19-8-7-15(28(30)31)11-18(19)24)9-10-27(13)22(29)20-14(2)32-25-21(20)16-5-3-4-6-17(16)23/h3-8,11,13H,9-10,12H2,1-2H3/t13-/m0/s1. The first kappa shape index (κ1) is 22.1. The molecule has 2 aromatic carbocycles. The molecule has 0 N–H and O–H groups in total. The smallest absolute Gasteiger partial charge is 0.271 e. The zero-order chi connectivity index (χ0) is 23.0. The molecule has 0 radical (unpaired) electrons. The highest BCUT2D eigenvalue weighted by atomic mass is 35.5. The van der Waals surface area contributed by atoms with Gasteiger partial charge in [-0.25, -0.2) is 0 Å². The maximum absolute atomic E-state index is 13.5. The first-order valence-electron chi connectivity index (χ1n) is 9.99. The number of aryl methyl sites for hydroxylation is 1. The van der Waals surface area contributed by atoms with Crippen molar-refractivity contribution < 1.29 is 14.2 Å². The third-order valence-electron chi connectivity index (χ3n) is 5.58. The molecule has 32 heavy (non-hydrogen) atoms. The Morgan fingerprint density at radius 3 is 2.59 bits per heavy atom. The van der Waals surface area contributed by atoms with E-state index in [1.165, 1.54) is 12.1 Å². The SMILES string of the molecule is Cc1onc(-c2ccccc2Cl)c1C(=O)N1CCN(c2ccc([N+](=O)[O-])cc2Cl)C[C@@H]1C. The molecule has 1 atom stereocenters. The van der Waals surface area contributed by atoms with Gasteiger partial charge in [-0.2, -0.15) is 0 Å². The summed E-state index contributed by atoms with van der Waals surface area (Å²) in [7, 11) is 0. The molecule has 1 fully saturated rings. The normalized spacial score (nSPS) is 16.3. The zero-order valence-electron chi connectivity index (χ0n) is 17.4. The molecular formula is C22H20Cl2N4O4. The van der Waals surface area contributed by atoms with E-state index in [0.717, 1.165) is 0 Å². The quantitative estimate of drug-likeness (QED) is 0.380. The molecule has 3 aromatic rings. The van der Waals surface area contributed by atoms with E-state index in [4.69, 9.17) is 27.7 Å². The third kappa shape index (κ3) is 4.03. The van der Waals surface area contributed by atoms with Crippen LogP contribution < -0.4 is 4.90 Å². The minimum atomic E-state index is -0.479. The maximum Gasteiger partial charge on any atom is 0.271 e. The lowest BCUT2D eigenvalue weighted by atomic mass is 10.0. The van der Waals surface area contributed by atoms with Crippen molar-refractivity contribution in [3.8, 4) is 11.3 Å². The van der Waals surface area contributed by atoms with E-state index in [9.17, 15) is 14.9 Å². The molecule has 0 bridgehead atoms. The predicted molar refractivity (Wildman–Crippen MR) is 123 cm³/mol. The van der Waals surface area contributed by atoms with E-state index in [2.05, 4.69) is 5.16 Å². The van der Waals surface area contributed by atoms with Crippen molar-refractivity contribution in [2.75, 3.05) is 24.5 Å². The van der Waals surface area contributed by atoms with Gasteiger partial charge < -0.3 is 14.3 Å². The lowest BCUT2D eigenvalue weighted by molar-refractivity contribution is -0.384. The molecule has 0 saturated carbocycles. The van der Waals surface area contributed by atoms with E-state index in [1.807, 2.05) is 24.0 Å². The van der Waals surface area contributed by atoms with Gasteiger partial charge in [0.15, 0.2) is 0 Å². The van der Waals surface area contributed by atoms with Gasteiger partial charge in [0.25, 0.3) is 11.6 Å². The number of amides is 1. The average molecular weight is 475 g/mol. The summed E-state index contributed by atoms with van der Waals surface area (Å²) in [5, 5.41) is 15.9. The van der Waals surface area contributed by atoms with Crippen molar-refractivity contribution in [3.63, 3.8) is 0 Å². The first-order valence-corrected chi connectivity index (χ1v) is 10.7. The number of halogens is 2. The Labute approximate surface area is 194 Å². The number of carbonyl (C=O) groups excluding carboxylic acids is 1. The van der Waals surface area contributed by atoms with Gasteiger partial charge >= 0.3 is 0 Å². The van der Waals surface area contributed by atoms with Crippen LogP contribution in [0, 0.1) is 17.0 Å². The summed E-state index contributed by atoms with van der Waals surface area (Å²) in [4.78, 5) is 27.8. The Morgan fingerprint density at radius 2 is 1.94 bits per heavy atom. The van der Waals surface area contributed by atoms with Crippen molar-refractivity contribution in [1.82, 2.24) is 10.1 Å². The van der Waals surface area contributed by atoms with Crippen LogP contribution in [0.25, 0.3) is 11.3 Å². The van der Waals surface area contributed by atoms with Gasteiger partial charge in [0.05, 0.1) is 20.7 Å². The Hall–Kier alpha value is -3.10. The number of piperazine rings is 1. The van der Waals surface area contributed by atoms with Crippen LogP contribution in [0.1, 0.15) is 23.0 Å². The van der Waals surface area contributed by atoms with Gasteiger partial charge in [0, 0.05) is 43.4 Å². The molecule has 1 saturated heterocycles. The molecule has 1 aliphatic rings. The predicted octanol–water partition coefficient (Wildman–Crippen LogP) is 5.22. The van der Waals surface area contributed by atoms with Gasteiger partial charge in [-0.1, -0.05) is 46.6 Å². The molecule has 0 aliphatic carbocycles. The minimum Gasteiger partial charge on any atom is -0.366 e. The highest BCUT2D eigenvalue weighted by Gasteiger charge is 2.33. The number of anilines is 1. The van der Waals surface area contributed by atoms with Crippen LogP contribution in [-0.4, -0.2) is 46.6 Å². The number of rotatable bonds is 4. The zero-order valence-corrected chi connectivity index (χ0v) is 18.9. The van der Waals surface area contributed by atoms with Gasteiger partial charge in [-0.15, -0.1) is 0 Å². The number of hydrogen-bond acceptors (Lipinski definition) is 6. The molecular weight excluding hydrogens is 455 g/mol. The molecule has 0 spiro atoms. The fourth-order valence-corrected chi connectivity index (χ4v) is 4.47. The average Bonchev–Trinajstić information content (AvgIpc) is 3.14. The summed E-state index contributed by atoms with van der Waals surface area (Å²) in [5.41, 5.74) is 2.10. The van der Waals surface area contributed by atoms with Crippen molar-refractivity contribution in [3.05, 3.63) is 73.9 Å². The number of benzene rings is 2. The molecule has 1 amide bonds. The van der Waals surface area contributed by atoms with Crippen LogP contribution in [0.2, 0.25) is 10.0 Å². The lowest BCUT2D eigenvalue weighted by Crippen LogP contribution is -2.54. The number of hydrogen-bond donors (Lipinski definition) is 0. The molecule has 8 nitrogen and oxygen atoms in total. The van der Waals surface area contributed by atoms with E-state index in [0.29, 0.717) is 57.9 Å². The van der Waals surface area contributed by atoms with Gasteiger partial charge in [-0.3, -0.25) is 14.9 Å². The monoisotopic (exact) mass is 474 g/mol. The molecule has 4 rings (SSSR count). The van der Waals surface area contributed by atoms with Crippen LogP contribution in [0.4, 0.5) is 11.4 Å². The summed E-state index contributed by atoms with van der Waals surface area (Å²) in [6.45, 7) is 5.15. The second-order valence-electron chi connectivity index (χ2n) is 7.63. The van der Waals surface area contributed by atoms with Crippen LogP contribution in [0.3, 0.4) is 0 Å². The largest absolute Gasteiger partial charge is 0.366 e. The van der Waals surface area contributed by atoms with E-state index in [-0.39, 0.29) is 17.6 Å². The maximum atomic E-state index is 13.5. The van der Waals surface area contributed by atoms with Crippen molar-refractivity contribution in [2.45, 2.75) is 19.9 Å². The number of nitro benzene ring substituents is 1. The summed E-state index contributed by atoms with van der Waals surface area (Å²) in [6.07, 6.45) is 0.